The summed E-state index contributed by atoms with van der Waals surface area (Å²) in [4.78, 5) is 40.3. The van der Waals surface area contributed by atoms with Crippen LogP contribution in [-0.4, -0.2) is 40.6 Å². The van der Waals surface area contributed by atoms with Gasteiger partial charge in [-0.15, -0.1) is 11.6 Å². The van der Waals surface area contributed by atoms with Gasteiger partial charge in [-0.2, -0.15) is 0 Å². The van der Waals surface area contributed by atoms with Crippen LogP contribution in [0.5, 0.6) is 0 Å². The van der Waals surface area contributed by atoms with E-state index in [4.69, 9.17) is 16.4 Å². The molecule has 0 spiro atoms. The number of hydrogen-bond donors (Lipinski definition) is 4. The maximum Gasteiger partial charge on any atom is 0.339 e. The zero-order valence-corrected chi connectivity index (χ0v) is 19.0. The molecule has 0 aliphatic carbocycles. The molecular formula is C24H29ClN2O6. The fourth-order valence-electron chi connectivity index (χ4n) is 3.15. The van der Waals surface area contributed by atoms with Gasteiger partial charge in [-0.3, -0.25) is 9.63 Å². The van der Waals surface area contributed by atoms with Crippen molar-refractivity contribution in [3.05, 3.63) is 71.3 Å². The first-order valence-corrected chi connectivity index (χ1v) is 11.3. The number of carbonyl (C=O) groups is 3. The minimum atomic E-state index is -1.14. The van der Waals surface area contributed by atoms with E-state index in [1.165, 1.54) is 0 Å². The molecule has 0 aromatic heterocycles. The molecule has 8 nitrogen and oxygen atoms in total. The summed E-state index contributed by atoms with van der Waals surface area (Å²) < 4.78 is 0. The fraction of sp³-hybridized carbons (Fsp3) is 0.375. The zero-order valence-electron chi connectivity index (χ0n) is 18.2. The average Bonchev–Trinajstić information content (AvgIpc) is 2.82. The molecule has 0 heterocycles. The Kier molecular flexibility index (Phi) is 11.4. The van der Waals surface area contributed by atoms with E-state index in [0.29, 0.717) is 37.3 Å². The van der Waals surface area contributed by atoms with Gasteiger partial charge in [0.05, 0.1) is 0 Å². The lowest BCUT2D eigenvalue weighted by Gasteiger charge is -2.16. The van der Waals surface area contributed by atoms with E-state index in [-0.39, 0.29) is 18.7 Å². The molecule has 0 saturated carbocycles. The molecule has 2 aromatic rings. The molecule has 1 unspecified atom stereocenters. The molecule has 33 heavy (non-hydrogen) atoms. The van der Waals surface area contributed by atoms with Gasteiger partial charge in [0.1, 0.15) is 6.04 Å². The largest absolute Gasteiger partial charge is 0.480 e. The van der Waals surface area contributed by atoms with Crippen molar-refractivity contribution < 1.29 is 29.4 Å². The first-order valence-electron chi connectivity index (χ1n) is 10.7. The number of aryl methyl sites for hydroxylation is 1. The second kappa shape index (κ2) is 14.3. The Morgan fingerprint density at radius 1 is 0.909 bits per heavy atom. The van der Waals surface area contributed by atoms with E-state index < -0.39 is 24.1 Å². The van der Waals surface area contributed by atoms with Crippen LogP contribution in [0, 0.1) is 0 Å². The Labute approximate surface area is 197 Å². The number of amides is 1. The summed E-state index contributed by atoms with van der Waals surface area (Å²) in [5, 5.41) is 21.3. The maximum atomic E-state index is 12.2. The summed E-state index contributed by atoms with van der Waals surface area (Å²) in [5.74, 6) is -2.10. The van der Waals surface area contributed by atoms with Crippen molar-refractivity contribution in [1.82, 2.24) is 10.8 Å². The molecular weight excluding hydrogens is 448 g/mol. The molecule has 0 bridgehead atoms. The van der Waals surface area contributed by atoms with Gasteiger partial charge in [-0.05, 0) is 42.4 Å². The average molecular weight is 477 g/mol. The molecule has 2 rings (SSSR count). The first-order chi connectivity index (χ1) is 15.9. The number of carbonyl (C=O) groups excluding carboxylic acids is 1. The van der Waals surface area contributed by atoms with Gasteiger partial charge in [0, 0.05) is 18.8 Å². The monoisotopic (exact) mass is 476 g/mol. The number of alkyl halides is 1. The third kappa shape index (κ3) is 9.61. The standard InChI is InChI=1S/C24H29ClN2O6/c25-16-18-11-9-17(10-12-18)13-14-21(28)27-20(23(29)30)8-4-5-15-26-33-22(24(31)32)19-6-2-1-3-7-19/h1-3,6-7,9-12,20,22,26H,4-5,8,13-16H2,(H,27,28)(H,29,30)(H,31,32)/t20-,22?/m0/s1. The van der Waals surface area contributed by atoms with Gasteiger partial charge in [-0.1, -0.05) is 54.6 Å². The highest BCUT2D eigenvalue weighted by Crippen LogP contribution is 2.16. The van der Waals surface area contributed by atoms with Gasteiger partial charge in [-0.25, -0.2) is 15.1 Å². The number of hydroxylamine groups is 1. The zero-order chi connectivity index (χ0) is 24.1. The van der Waals surface area contributed by atoms with Gasteiger partial charge < -0.3 is 15.5 Å². The van der Waals surface area contributed by atoms with Crippen molar-refractivity contribution in [2.45, 2.75) is 50.1 Å². The van der Waals surface area contributed by atoms with E-state index in [2.05, 4.69) is 10.8 Å². The molecule has 0 aliphatic heterocycles. The van der Waals surface area contributed by atoms with Crippen molar-refractivity contribution in [2.24, 2.45) is 0 Å². The molecule has 0 radical (unpaired) electrons. The molecule has 1 amide bonds. The van der Waals surface area contributed by atoms with Crippen LogP contribution >= 0.6 is 11.6 Å². The summed E-state index contributed by atoms with van der Waals surface area (Å²) >= 11 is 5.76. The Morgan fingerprint density at radius 3 is 2.18 bits per heavy atom. The molecule has 9 heteroatoms. The number of unbranched alkanes of at least 4 members (excludes halogenated alkanes) is 1. The second-order valence-electron chi connectivity index (χ2n) is 7.55. The van der Waals surface area contributed by atoms with E-state index >= 15 is 0 Å². The number of aliphatic carboxylic acids is 2. The van der Waals surface area contributed by atoms with Crippen LogP contribution in [0.4, 0.5) is 0 Å². The topological polar surface area (TPSA) is 125 Å². The van der Waals surface area contributed by atoms with Crippen LogP contribution in [0.1, 0.15) is 48.5 Å². The molecule has 2 aromatic carbocycles. The highest BCUT2D eigenvalue weighted by Gasteiger charge is 2.21. The van der Waals surface area contributed by atoms with E-state index in [1.807, 2.05) is 24.3 Å². The number of halogens is 1. The number of nitrogens with one attached hydrogen (secondary N) is 2. The Bertz CT molecular complexity index is 892. The van der Waals surface area contributed by atoms with Crippen molar-refractivity contribution in [3.63, 3.8) is 0 Å². The number of benzene rings is 2. The Balaban J connectivity index is 1.68. The quantitative estimate of drug-likeness (QED) is 0.176. The van der Waals surface area contributed by atoms with Gasteiger partial charge in [0.25, 0.3) is 0 Å². The molecule has 0 aliphatic rings. The lowest BCUT2D eigenvalue weighted by molar-refractivity contribution is -0.156. The summed E-state index contributed by atoms with van der Waals surface area (Å²) in [7, 11) is 0. The molecule has 178 valence electrons. The second-order valence-corrected chi connectivity index (χ2v) is 7.81. The SMILES string of the molecule is O=C(CCc1ccc(CCl)cc1)N[C@@H](CCCCNOC(C(=O)O)c1ccccc1)C(=O)O. The highest BCUT2D eigenvalue weighted by molar-refractivity contribution is 6.17. The van der Waals surface area contributed by atoms with Gasteiger partial charge in [0.15, 0.2) is 0 Å². The smallest absolute Gasteiger partial charge is 0.339 e. The Morgan fingerprint density at radius 2 is 1.58 bits per heavy atom. The number of rotatable bonds is 15. The maximum absolute atomic E-state index is 12.2. The highest BCUT2D eigenvalue weighted by atomic mass is 35.5. The Hall–Kier alpha value is -2.94. The number of hydrogen-bond acceptors (Lipinski definition) is 5. The molecule has 0 saturated heterocycles. The van der Waals surface area contributed by atoms with Crippen molar-refractivity contribution in [3.8, 4) is 0 Å². The van der Waals surface area contributed by atoms with Crippen LogP contribution in [0.2, 0.25) is 0 Å². The normalized spacial score (nSPS) is 12.6. The van der Waals surface area contributed by atoms with Gasteiger partial charge in [0.2, 0.25) is 12.0 Å². The summed E-state index contributed by atoms with van der Waals surface area (Å²) in [6.45, 7) is 0.342. The van der Waals surface area contributed by atoms with Crippen molar-refractivity contribution in [1.29, 1.82) is 0 Å². The predicted molar refractivity (Wildman–Crippen MR) is 124 cm³/mol. The first kappa shape index (κ1) is 26.3. The van der Waals surface area contributed by atoms with Crippen molar-refractivity contribution >= 4 is 29.4 Å². The van der Waals surface area contributed by atoms with E-state index in [9.17, 15) is 24.6 Å². The van der Waals surface area contributed by atoms with Crippen LogP contribution in [0.15, 0.2) is 54.6 Å². The van der Waals surface area contributed by atoms with Crippen LogP contribution < -0.4 is 10.8 Å². The molecule has 0 fully saturated rings. The minimum Gasteiger partial charge on any atom is -0.480 e. The summed E-state index contributed by atoms with van der Waals surface area (Å²) in [6, 6.07) is 15.2. The van der Waals surface area contributed by atoms with E-state index in [1.54, 1.807) is 30.3 Å². The molecule has 2 atom stereocenters. The lowest BCUT2D eigenvalue weighted by Crippen LogP contribution is -2.40. The third-order valence-electron chi connectivity index (χ3n) is 5.00. The van der Waals surface area contributed by atoms with E-state index in [0.717, 1.165) is 11.1 Å². The third-order valence-corrected chi connectivity index (χ3v) is 5.31. The minimum absolute atomic E-state index is 0.190. The fourth-order valence-corrected chi connectivity index (χ4v) is 3.33. The van der Waals surface area contributed by atoms with Gasteiger partial charge >= 0.3 is 11.9 Å². The van der Waals surface area contributed by atoms with Crippen LogP contribution in [0.3, 0.4) is 0 Å². The van der Waals surface area contributed by atoms with Crippen molar-refractivity contribution in [2.75, 3.05) is 6.54 Å². The lowest BCUT2D eigenvalue weighted by atomic mass is 10.1. The number of carboxylic acid groups (broad SMARTS) is 2. The van der Waals surface area contributed by atoms with Crippen LogP contribution in [0.25, 0.3) is 0 Å². The molecule has 4 N–H and O–H groups in total. The summed E-state index contributed by atoms with van der Waals surface area (Å²) in [5.41, 5.74) is 5.12. The number of carboxylic acids is 2. The van der Waals surface area contributed by atoms with Crippen LogP contribution in [-0.2, 0) is 31.5 Å². The summed E-state index contributed by atoms with van der Waals surface area (Å²) in [6.07, 6.45) is 0.880. The predicted octanol–water partition coefficient (Wildman–Crippen LogP) is 3.44.